The molecule has 0 heterocycles. The maximum Gasteiger partial charge on any atom is 0.234 e. The summed E-state index contributed by atoms with van der Waals surface area (Å²) in [6.07, 6.45) is 6.03. The van der Waals surface area contributed by atoms with E-state index >= 15 is 0 Å². The summed E-state index contributed by atoms with van der Waals surface area (Å²) in [5.41, 5.74) is 5.24. The fraction of sp³-hybridized carbons (Fsp3) is 0.833. The SMILES string of the molecule is CNCC(=O)NC(CC(N)=O)C1CCCCC1.Cl. The second-order valence-electron chi connectivity index (χ2n) is 4.77. The zero-order valence-corrected chi connectivity index (χ0v) is 11.7. The lowest BCUT2D eigenvalue weighted by atomic mass is 9.82. The van der Waals surface area contributed by atoms with Crippen molar-refractivity contribution >= 4 is 24.2 Å². The van der Waals surface area contributed by atoms with E-state index < -0.39 is 0 Å². The minimum absolute atomic E-state index is 0. The van der Waals surface area contributed by atoms with E-state index in [1.807, 2.05) is 0 Å². The van der Waals surface area contributed by atoms with Crippen LogP contribution in [0.25, 0.3) is 0 Å². The van der Waals surface area contributed by atoms with Crippen molar-refractivity contribution in [3.8, 4) is 0 Å². The summed E-state index contributed by atoms with van der Waals surface area (Å²) in [5, 5.41) is 5.72. The van der Waals surface area contributed by atoms with E-state index in [-0.39, 0.29) is 43.2 Å². The molecule has 4 N–H and O–H groups in total. The Balaban J connectivity index is 0.00000289. The van der Waals surface area contributed by atoms with Crippen LogP contribution in [0.15, 0.2) is 0 Å². The molecule has 2 amide bonds. The van der Waals surface area contributed by atoms with E-state index in [0.717, 1.165) is 12.8 Å². The largest absolute Gasteiger partial charge is 0.370 e. The molecule has 1 atom stereocenters. The zero-order valence-electron chi connectivity index (χ0n) is 10.9. The lowest BCUT2D eigenvalue weighted by Gasteiger charge is -2.30. The molecule has 1 aliphatic carbocycles. The molecule has 1 unspecified atom stereocenters. The number of rotatable bonds is 6. The van der Waals surface area contributed by atoms with Crippen molar-refractivity contribution in [2.45, 2.75) is 44.6 Å². The zero-order chi connectivity index (χ0) is 12.7. The number of likely N-dealkylation sites (N-methyl/N-ethyl adjacent to an activating group) is 1. The fourth-order valence-electron chi connectivity index (χ4n) is 2.51. The Kier molecular flexibility index (Phi) is 8.75. The number of carbonyl (C=O) groups is 2. The summed E-state index contributed by atoms with van der Waals surface area (Å²) in [6, 6.07) is -0.0892. The minimum atomic E-state index is -0.342. The smallest absolute Gasteiger partial charge is 0.234 e. The lowest BCUT2D eigenvalue weighted by Crippen LogP contribution is -2.46. The third kappa shape index (κ3) is 6.21. The molecule has 0 spiro atoms. The Morgan fingerprint density at radius 1 is 1.28 bits per heavy atom. The van der Waals surface area contributed by atoms with Crippen molar-refractivity contribution in [3.05, 3.63) is 0 Å². The molecule has 0 aromatic rings. The van der Waals surface area contributed by atoms with Crippen molar-refractivity contribution in [1.29, 1.82) is 0 Å². The van der Waals surface area contributed by atoms with Gasteiger partial charge in [-0.05, 0) is 25.8 Å². The topological polar surface area (TPSA) is 84.2 Å². The van der Waals surface area contributed by atoms with Crippen molar-refractivity contribution < 1.29 is 9.59 Å². The van der Waals surface area contributed by atoms with Crippen molar-refractivity contribution in [2.24, 2.45) is 11.7 Å². The molecule has 0 aromatic carbocycles. The summed E-state index contributed by atoms with van der Waals surface area (Å²) in [4.78, 5) is 22.6. The first kappa shape index (κ1) is 17.2. The lowest BCUT2D eigenvalue weighted by molar-refractivity contribution is -0.122. The number of nitrogens with two attached hydrogens (primary N) is 1. The number of carbonyl (C=O) groups excluding carboxylic acids is 2. The molecule has 5 nitrogen and oxygen atoms in total. The molecular weight excluding hydrogens is 254 g/mol. The van der Waals surface area contributed by atoms with Gasteiger partial charge in [0.2, 0.25) is 11.8 Å². The van der Waals surface area contributed by atoms with Crippen LogP contribution in [0, 0.1) is 5.92 Å². The maximum absolute atomic E-state index is 11.6. The van der Waals surface area contributed by atoms with Gasteiger partial charge in [0.05, 0.1) is 6.54 Å². The average Bonchev–Trinajstić information content (AvgIpc) is 2.29. The fourth-order valence-corrected chi connectivity index (χ4v) is 2.51. The van der Waals surface area contributed by atoms with Crippen LogP contribution in [0.4, 0.5) is 0 Å². The first-order valence-corrected chi connectivity index (χ1v) is 6.35. The molecule has 1 fully saturated rings. The Bertz CT molecular complexity index is 268. The normalized spacial score (nSPS) is 17.6. The van der Waals surface area contributed by atoms with Gasteiger partial charge in [0.1, 0.15) is 0 Å². The van der Waals surface area contributed by atoms with Crippen LogP contribution in [0.2, 0.25) is 0 Å². The third-order valence-corrected chi connectivity index (χ3v) is 3.32. The Labute approximate surface area is 115 Å². The van der Waals surface area contributed by atoms with Crippen LogP contribution in [-0.4, -0.2) is 31.4 Å². The van der Waals surface area contributed by atoms with E-state index in [4.69, 9.17) is 5.73 Å². The Hall–Kier alpha value is -0.810. The highest BCUT2D eigenvalue weighted by Gasteiger charge is 2.26. The van der Waals surface area contributed by atoms with Crippen LogP contribution in [0.5, 0.6) is 0 Å². The predicted molar refractivity (Wildman–Crippen MR) is 73.5 cm³/mol. The molecule has 0 saturated heterocycles. The summed E-state index contributed by atoms with van der Waals surface area (Å²) in [7, 11) is 1.73. The van der Waals surface area contributed by atoms with Crippen LogP contribution in [0.3, 0.4) is 0 Å². The molecule has 0 aliphatic heterocycles. The van der Waals surface area contributed by atoms with E-state index in [0.29, 0.717) is 5.92 Å². The molecule has 6 heteroatoms. The number of amides is 2. The highest BCUT2D eigenvalue weighted by molar-refractivity contribution is 5.85. The van der Waals surface area contributed by atoms with Crippen LogP contribution in [0.1, 0.15) is 38.5 Å². The second kappa shape index (κ2) is 9.16. The first-order valence-electron chi connectivity index (χ1n) is 6.35. The summed E-state index contributed by atoms with van der Waals surface area (Å²) in [6.45, 7) is 0.280. The van der Waals surface area contributed by atoms with Gasteiger partial charge in [-0.25, -0.2) is 0 Å². The van der Waals surface area contributed by atoms with Gasteiger partial charge < -0.3 is 16.4 Å². The van der Waals surface area contributed by atoms with Crippen molar-refractivity contribution in [1.82, 2.24) is 10.6 Å². The molecule has 0 aromatic heterocycles. The molecule has 1 saturated carbocycles. The monoisotopic (exact) mass is 277 g/mol. The van der Waals surface area contributed by atoms with Gasteiger partial charge in [-0.1, -0.05) is 19.3 Å². The van der Waals surface area contributed by atoms with E-state index in [1.54, 1.807) is 7.05 Å². The van der Waals surface area contributed by atoms with Gasteiger partial charge in [-0.3, -0.25) is 9.59 Å². The standard InChI is InChI=1S/C12H23N3O2.ClH/c1-14-8-12(17)15-10(7-11(13)16)9-5-3-2-4-6-9;/h9-10,14H,2-8H2,1H3,(H2,13,16)(H,15,17);1H. The number of hydrogen-bond acceptors (Lipinski definition) is 3. The number of hydrogen-bond donors (Lipinski definition) is 3. The summed E-state index contributed by atoms with van der Waals surface area (Å²) < 4.78 is 0. The van der Waals surface area contributed by atoms with Gasteiger partial charge in [0.25, 0.3) is 0 Å². The average molecular weight is 278 g/mol. The van der Waals surface area contributed by atoms with Gasteiger partial charge >= 0.3 is 0 Å². The van der Waals surface area contributed by atoms with Gasteiger partial charge in [0.15, 0.2) is 0 Å². The molecule has 1 aliphatic rings. The molecule has 0 radical (unpaired) electrons. The first-order chi connectivity index (χ1) is 8.13. The van der Waals surface area contributed by atoms with E-state index in [1.165, 1.54) is 19.3 Å². The number of halogens is 1. The third-order valence-electron chi connectivity index (χ3n) is 3.32. The summed E-state index contributed by atoms with van der Waals surface area (Å²) in [5.74, 6) is -0.00768. The molecule has 0 bridgehead atoms. The molecule has 106 valence electrons. The molecule has 1 rings (SSSR count). The number of nitrogens with one attached hydrogen (secondary N) is 2. The van der Waals surface area contributed by atoms with Gasteiger partial charge in [0, 0.05) is 12.5 Å². The number of primary amides is 1. The molecule has 18 heavy (non-hydrogen) atoms. The van der Waals surface area contributed by atoms with Crippen LogP contribution >= 0.6 is 12.4 Å². The van der Waals surface area contributed by atoms with E-state index in [9.17, 15) is 9.59 Å². The van der Waals surface area contributed by atoms with Crippen molar-refractivity contribution in [3.63, 3.8) is 0 Å². The quantitative estimate of drug-likeness (QED) is 0.664. The van der Waals surface area contributed by atoms with E-state index in [2.05, 4.69) is 10.6 Å². The highest BCUT2D eigenvalue weighted by atomic mass is 35.5. The van der Waals surface area contributed by atoms with Crippen molar-refractivity contribution in [2.75, 3.05) is 13.6 Å². The Morgan fingerprint density at radius 3 is 2.39 bits per heavy atom. The molecular formula is C12H24ClN3O2. The van der Waals surface area contributed by atoms with Crippen LogP contribution < -0.4 is 16.4 Å². The van der Waals surface area contributed by atoms with Crippen LogP contribution in [-0.2, 0) is 9.59 Å². The minimum Gasteiger partial charge on any atom is -0.370 e. The Morgan fingerprint density at radius 2 is 1.89 bits per heavy atom. The predicted octanol–water partition coefficient (Wildman–Crippen LogP) is 0.568. The summed E-state index contributed by atoms with van der Waals surface area (Å²) >= 11 is 0. The second-order valence-corrected chi connectivity index (χ2v) is 4.77. The highest BCUT2D eigenvalue weighted by Crippen LogP contribution is 2.27. The van der Waals surface area contributed by atoms with Gasteiger partial charge in [-0.2, -0.15) is 0 Å². The maximum atomic E-state index is 11.6. The van der Waals surface area contributed by atoms with Gasteiger partial charge in [-0.15, -0.1) is 12.4 Å².